The van der Waals surface area contributed by atoms with Crippen LogP contribution in [0.15, 0.2) is 41.7 Å². The molecule has 3 rings (SSSR count). The molecular formula is C21H30N6O2. The fourth-order valence-electron chi connectivity index (χ4n) is 3.26. The van der Waals surface area contributed by atoms with Crippen molar-refractivity contribution in [3.63, 3.8) is 0 Å². The fourth-order valence-corrected chi connectivity index (χ4v) is 3.26. The lowest BCUT2D eigenvalue weighted by molar-refractivity contribution is -0.120. The van der Waals surface area contributed by atoms with E-state index in [0.29, 0.717) is 19.6 Å². The van der Waals surface area contributed by atoms with Crippen molar-refractivity contribution in [3.8, 4) is 5.75 Å². The number of carbonyl (C=O) groups is 1. The molecule has 1 amide bonds. The van der Waals surface area contributed by atoms with Gasteiger partial charge in [-0.1, -0.05) is 12.1 Å². The molecule has 2 heterocycles. The van der Waals surface area contributed by atoms with Gasteiger partial charge in [-0.15, -0.1) is 0 Å². The number of aliphatic imine (C=N–C) groups is 1. The zero-order chi connectivity index (χ0) is 20.8. The van der Waals surface area contributed by atoms with Crippen LogP contribution in [0.3, 0.4) is 0 Å². The molecule has 0 bridgehead atoms. The molecule has 0 atom stereocenters. The number of aryl methyl sites for hydroxylation is 1. The zero-order valence-corrected chi connectivity index (χ0v) is 17.6. The zero-order valence-electron chi connectivity index (χ0n) is 17.6. The number of rotatable bonds is 6. The first-order chi connectivity index (χ1) is 14.0. The lowest BCUT2D eigenvalue weighted by Gasteiger charge is -2.35. The highest BCUT2D eigenvalue weighted by atomic mass is 16.5. The van der Waals surface area contributed by atoms with Crippen molar-refractivity contribution in [2.45, 2.75) is 33.4 Å². The highest BCUT2D eigenvalue weighted by Gasteiger charge is 2.27. The van der Waals surface area contributed by atoms with Gasteiger partial charge in [0.25, 0.3) is 0 Å². The van der Waals surface area contributed by atoms with E-state index in [4.69, 9.17) is 9.73 Å². The predicted molar refractivity (Wildman–Crippen MR) is 114 cm³/mol. The number of amides is 1. The summed E-state index contributed by atoms with van der Waals surface area (Å²) in [5.41, 5.74) is 1.90. The SMILES string of the molecule is CCNC(=NCc1cccc(OC(C)C)c1)N1CCN(c2cnn(C)c2)C(=O)C1. The molecule has 1 aromatic heterocycles. The van der Waals surface area contributed by atoms with Crippen LogP contribution in [0.5, 0.6) is 5.75 Å². The second-order valence-electron chi connectivity index (χ2n) is 7.32. The maximum absolute atomic E-state index is 12.7. The topological polar surface area (TPSA) is 75.0 Å². The van der Waals surface area contributed by atoms with Gasteiger partial charge in [-0.05, 0) is 38.5 Å². The number of carbonyl (C=O) groups excluding carboxylic acids is 1. The van der Waals surface area contributed by atoms with Crippen LogP contribution >= 0.6 is 0 Å². The van der Waals surface area contributed by atoms with Crippen LogP contribution in [0.25, 0.3) is 0 Å². The van der Waals surface area contributed by atoms with E-state index >= 15 is 0 Å². The van der Waals surface area contributed by atoms with Gasteiger partial charge >= 0.3 is 0 Å². The fraction of sp³-hybridized carbons (Fsp3) is 0.476. The third kappa shape index (κ3) is 5.49. The molecule has 29 heavy (non-hydrogen) atoms. The Hall–Kier alpha value is -3.03. The van der Waals surface area contributed by atoms with Crippen molar-refractivity contribution in [3.05, 3.63) is 42.2 Å². The third-order valence-corrected chi connectivity index (χ3v) is 4.54. The van der Waals surface area contributed by atoms with E-state index in [-0.39, 0.29) is 18.6 Å². The van der Waals surface area contributed by atoms with Gasteiger partial charge in [-0.3, -0.25) is 9.48 Å². The van der Waals surface area contributed by atoms with Gasteiger partial charge in [0.15, 0.2) is 5.96 Å². The molecule has 1 aromatic carbocycles. The van der Waals surface area contributed by atoms with Crippen molar-refractivity contribution in [1.29, 1.82) is 0 Å². The molecule has 1 aliphatic rings. The van der Waals surface area contributed by atoms with Crippen molar-refractivity contribution in [1.82, 2.24) is 20.0 Å². The quantitative estimate of drug-likeness (QED) is 0.595. The monoisotopic (exact) mass is 398 g/mol. The van der Waals surface area contributed by atoms with Crippen molar-refractivity contribution in [2.75, 3.05) is 31.1 Å². The molecule has 2 aromatic rings. The second kappa shape index (κ2) is 9.45. The van der Waals surface area contributed by atoms with E-state index < -0.39 is 0 Å². The molecule has 0 aliphatic carbocycles. The number of aromatic nitrogens is 2. The van der Waals surface area contributed by atoms with Crippen LogP contribution in [0.4, 0.5) is 5.69 Å². The molecule has 1 N–H and O–H groups in total. The Bertz CT molecular complexity index is 860. The van der Waals surface area contributed by atoms with E-state index in [9.17, 15) is 4.79 Å². The molecule has 1 saturated heterocycles. The molecule has 0 radical (unpaired) electrons. The Labute approximate surface area is 172 Å². The summed E-state index contributed by atoms with van der Waals surface area (Å²) in [5.74, 6) is 1.64. The van der Waals surface area contributed by atoms with Gasteiger partial charge in [0.1, 0.15) is 12.3 Å². The lowest BCUT2D eigenvalue weighted by atomic mass is 10.2. The summed E-state index contributed by atoms with van der Waals surface area (Å²) in [6, 6.07) is 7.98. The smallest absolute Gasteiger partial charge is 0.246 e. The summed E-state index contributed by atoms with van der Waals surface area (Å²) in [6.07, 6.45) is 3.71. The Balaban J connectivity index is 1.67. The Morgan fingerprint density at radius 2 is 2.17 bits per heavy atom. The molecule has 156 valence electrons. The highest BCUT2D eigenvalue weighted by Crippen LogP contribution is 2.17. The van der Waals surface area contributed by atoms with E-state index in [1.807, 2.05) is 63.2 Å². The average molecular weight is 399 g/mol. The van der Waals surface area contributed by atoms with Crippen molar-refractivity contribution < 1.29 is 9.53 Å². The maximum Gasteiger partial charge on any atom is 0.246 e. The van der Waals surface area contributed by atoms with Gasteiger partial charge < -0.3 is 19.9 Å². The van der Waals surface area contributed by atoms with Gasteiger partial charge in [-0.25, -0.2) is 4.99 Å². The second-order valence-corrected chi connectivity index (χ2v) is 7.32. The molecule has 0 spiro atoms. The van der Waals surface area contributed by atoms with Crippen LogP contribution in [0.1, 0.15) is 26.3 Å². The highest BCUT2D eigenvalue weighted by molar-refractivity contribution is 5.98. The first-order valence-electron chi connectivity index (χ1n) is 10.0. The predicted octanol–water partition coefficient (Wildman–Crippen LogP) is 2.02. The van der Waals surface area contributed by atoms with Crippen molar-refractivity contribution >= 4 is 17.6 Å². The lowest BCUT2D eigenvalue weighted by Crippen LogP contribution is -2.55. The summed E-state index contributed by atoms with van der Waals surface area (Å²) in [7, 11) is 1.85. The molecule has 8 heteroatoms. The number of hydrogen-bond donors (Lipinski definition) is 1. The van der Waals surface area contributed by atoms with E-state index in [1.165, 1.54) is 0 Å². The molecule has 8 nitrogen and oxygen atoms in total. The number of benzene rings is 1. The third-order valence-electron chi connectivity index (χ3n) is 4.54. The number of anilines is 1. The summed E-state index contributed by atoms with van der Waals surface area (Å²) >= 11 is 0. The van der Waals surface area contributed by atoms with Crippen LogP contribution < -0.4 is 15.0 Å². The normalized spacial score (nSPS) is 15.2. The van der Waals surface area contributed by atoms with Gasteiger partial charge in [-0.2, -0.15) is 5.10 Å². The molecule has 1 aliphatic heterocycles. The maximum atomic E-state index is 12.7. The van der Waals surface area contributed by atoms with Gasteiger partial charge in [0.05, 0.1) is 24.5 Å². The molecule has 0 unspecified atom stereocenters. The van der Waals surface area contributed by atoms with E-state index in [1.54, 1.807) is 15.8 Å². The van der Waals surface area contributed by atoms with E-state index in [0.717, 1.165) is 29.5 Å². The Kier molecular flexibility index (Phi) is 6.74. The Morgan fingerprint density at radius 1 is 1.34 bits per heavy atom. The average Bonchev–Trinajstić information content (AvgIpc) is 3.11. The van der Waals surface area contributed by atoms with Crippen LogP contribution in [-0.4, -0.2) is 58.8 Å². The van der Waals surface area contributed by atoms with Crippen molar-refractivity contribution in [2.24, 2.45) is 12.0 Å². The number of hydrogen-bond acceptors (Lipinski definition) is 4. The van der Waals surface area contributed by atoms with Crippen LogP contribution in [0.2, 0.25) is 0 Å². The molecule has 0 saturated carbocycles. The van der Waals surface area contributed by atoms with Crippen LogP contribution in [-0.2, 0) is 18.4 Å². The van der Waals surface area contributed by atoms with Crippen LogP contribution in [0, 0.1) is 0 Å². The molecular weight excluding hydrogens is 368 g/mol. The minimum Gasteiger partial charge on any atom is -0.491 e. The number of guanidine groups is 1. The summed E-state index contributed by atoms with van der Waals surface area (Å²) in [6.45, 7) is 8.92. The number of nitrogens with one attached hydrogen (secondary N) is 1. The minimum absolute atomic E-state index is 0.0437. The summed E-state index contributed by atoms with van der Waals surface area (Å²) < 4.78 is 7.47. The first-order valence-corrected chi connectivity index (χ1v) is 10.0. The largest absolute Gasteiger partial charge is 0.491 e. The van der Waals surface area contributed by atoms with Gasteiger partial charge in [0, 0.05) is 32.9 Å². The standard InChI is InChI=1S/C21H30N6O2/c1-5-22-21(23-12-17-7-6-8-19(11-17)29-16(2)3)26-9-10-27(20(28)15-26)18-13-24-25(4)14-18/h6-8,11,13-14,16H,5,9-10,12,15H2,1-4H3,(H,22,23). The summed E-state index contributed by atoms with van der Waals surface area (Å²) in [4.78, 5) is 21.2. The molecule has 1 fully saturated rings. The number of piperazine rings is 1. The first kappa shape index (κ1) is 20.7. The Morgan fingerprint density at radius 3 is 2.83 bits per heavy atom. The number of ether oxygens (including phenoxy) is 1. The summed E-state index contributed by atoms with van der Waals surface area (Å²) in [5, 5.41) is 7.47. The van der Waals surface area contributed by atoms with Gasteiger partial charge in [0.2, 0.25) is 5.91 Å². The minimum atomic E-state index is 0.0437. The number of nitrogens with zero attached hydrogens (tertiary/aromatic N) is 5. The van der Waals surface area contributed by atoms with E-state index in [2.05, 4.69) is 10.4 Å².